The standard InChI is InChI=1S/C10H19N3O/c1-6(2)9(7(3)11-5)10-12-8(4)13-14-10/h6-7,9,11H,1-5H3. The lowest BCUT2D eigenvalue weighted by Gasteiger charge is -2.23. The molecule has 0 saturated carbocycles. The summed E-state index contributed by atoms with van der Waals surface area (Å²) in [5.41, 5.74) is 0. The topological polar surface area (TPSA) is 51.0 Å². The fourth-order valence-corrected chi connectivity index (χ4v) is 1.70. The van der Waals surface area contributed by atoms with Crippen molar-refractivity contribution in [3.63, 3.8) is 0 Å². The van der Waals surface area contributed by atoms with Gasteiger partial charge in [0.15, 0.2) is 5.82 Å². The molecule has 0 bridgehead atoms. The second kappa shape index (κ2) is 4.55. The minimum atomic E-state index is 0.279. The molecule has 1 N–H and O–H groups in total. The van der Waals surface area contributed by atoms with Gasteiger partial charge in [-0.2, -0.15) is 4.98 Å². The van der Waals surface area contributed by atoms with Gasteiger partial charge < -0.3 is 9.84 Å². The third-order valence-corrected chi connectivity index (χ3v) is 2.54. The van der Waals surface area contributed by atoms with Crippen molar-refractivity contribution < 1.29 is 4.52 Å². The minimum Gasteiger partial charge on any atom is -0.339 e. The second-order valence-corrected chi connectivity index (χ2v) is 4.03. The van der Waals surface area contributed by atoms with Crippen LogP contribution in [0.4, 0.5) is 0 Å². The lowest BCUT2D eigenvalue weighted by atomic mass is 9.89. The first-order chi connectivity index (χ1) is 6.56. The summed E-state index contributed by atoms with van der Waals surface area (Å²) in [5, 5.41) is 7.05. The van der Waals surface area contributed by atoms with Gasteiger partial charge in [-0.3, -0.25) is 0 Å². The third-order valence-electron chi connectivity index (χ3n) is 2.54. The molecule has 0 aromatic carbocycles. The zero-order chi connectivity index (χ0) is 10.7. The summed E-state index contributed by atoms with van der Waals surface area (Å²) >= 11 is 0. The molecule has 0 aliphatic carbocycles. The largest absolute Gasteiger partial charge is 0.339 e. The van der Waals surface area contributed by atoms with E-state index in [4.69, 9.17) is 4.52 Å². The van der Waals surface area contributed by atoms with Gasteiger partial charge in [0.25, 0.3) is 0 Å². The van der Waals surface area contributed by atoms with Gasteiger partial charge >= 0.3 is 0 Å². The number of nitrogens with zero attached hydrogens (tertiary/aromatic N) is 2. The highest BCUT2D eigenvalue weighted by Crippen LogP contribution is 2.26. The Kier molecular flexibility index (Phi) is 3.63. The van der Waals surface area contributed by atoms with Crippen LogP contribution in [0.25, 0.3) is 0 Å². The van der Waals surface area contributed by atoms with Crippen molar-refractivity contribution in [2.45, 2.75) is 39.7 Å². The zero-order valence-corrected chi connectivity index (χ0v) is 9.53. The van der Waals surface area contributed by atoms with E-state index in [1.54, 1.807) is 0 Å². The smallest absolute Gasteiger partial charge is 0.231 e. The van der Waals surface area contributed by atoms with Crippen LogP contribution in [0.2, 0.25) is 0 Å². The van der Waals surface area contributed by atoms with E-state index < -0.39 is 0 Å². The van der Waals surface area contributed by atoms with Crippen LogP contribution >= 0.6 is 0 Å². The Bertz CT molecular complexity index is 283. The van der Waals surface area contributed by atoms with Gasteiger partial charge in [-0.25, -0.2) is 0 Å². The number of hydrogen-bond acceptors (Lipinski definition) is 4. The van der Waals surface area contributed by atoms with Crippen molar-refractivity contribution in [1.82, 2.24) is 15.5 Å². The second-order valence-electron chi connectivity index (χ2n) is 4.03. The van der Waals surface area contributed by atoms with E-state index in [1.807, 2.05) is 14.0 Å². The van der Waals surface area contributed by atoms with E-state index in [1.165, 1.54) is 0 Å². The van der Waals surface area contributed by atoms with E-state index in [-0.39, 0.29) is 5.92 Å². The van der Waals surface area contributed by atoms with Gasteiger partial charge in [-0.1, -0.05) is 19.0 Å². The summed E-state index contributed by atoms with van der Waals surface area (Å²) in [4.78, 5) is 4.28. The maximum atomic E-state index is 5.21. The lowest BCUT2D eigenvalue weighted by molar-refractivity contribution is 0.285. The van der Waals surface area contributed by atoms with Crippen LogP contribution in [0.1, 0.15) is 38.4 Å². The SMILES string of the molecule is CNC(C)C(c1nc(C)no1)C(C)C. The molecule has 4 nitrogen and oxygen atoms in total. The van der Waals surface area contributed by atoms with Crippen molar-refractivity contribution in [3.05, 3.63) is 11.7 Å². The first kappa shape index (κ1) is 11.2. The van der Waals surface area contributed by atoms with Gasteiger partial charge in [0.2, 0.25) is 5.89 Å². The predicted octanol–water partition coefficient (Wildman–Crippen LogP) is 1.73. The number of likely N-dealkylation sites (N-methyl/N-ethyl adjacent to an activating group) is 1. The molecule has 1 heterocycles. The van der Waals surface area contributed by atoms with Crippen LogP contribution < -0.4 is 5.32 Å². The quantitative estimate of drug-likeness (QED) is 0.798. The molecule has 1 aromatic heterocycles. The summed E-state index contributed by atoms with van der Waals surface area (Å²) in [7, 11) is 1.95. The number of aryl methyl sites for hydroxylation is 1. The van der Waals surface area contributed by atoms with Gasteiger partial charge in [0, 0.05) is 6.04 Å². The van der Waals surface area contributed by atoms with Crippen LogP contribution in [0.15, 0.2) is 4.52 Å². The predicted molar refractivity (Wildman–Crippen MR) is 55.1 cm³/mol. The van der Waals surface area contributed by atoms with E-state index >= 15 is 0 Å². The Hall–Kier alpha value is -0.900. The molecule has 80 valence electrons. The minimum absolute atomic E-state index is 0.279. The van der Waals surface area contributed by atoms with Crippen LogP contribution in [0.3, 0.4) is 0 Å². The number of aromatic nitrogens is 2. The molecule has 1 rings (SSSR count). The highest BCUT2D eigenvalue weighted by molar-refractivity contribution is 4.98. The van der Waals surface area contributed by atoms with Crippen molar-refractivity contribution in [1.29, 1.82) is 0 Å². The molecule has 0 radical (unpaired) electrons. The van der Waals surface area contributed by atoms with E-state index in [0.29, 0.717) is 17.8 Å². The Labute approximate surface area is 85.1 Å². The van der Waals surface area contributed by atoms with Crippen LogP contribution in [-0.2, 0) is 0 Å². The summed E-state index contributed by atoms with van der Waals surface area (Å²) < 4.78 is 5.21. The Morgan fingerprint density at radius 1 is 1.29 bits per heavy atom. The van der Waals surface area contributed by atoms with Crippen molar-refractivity contribution in [2.24, 2.45) is 5.92 Å². The molecular weight excluding hydrogens is 178 g/mol. The molecule has 1 aromatic rings. The van der Waals surface area contributed by atoms with Crippen molar-refractivity contribution in [2.75, 3.05) is 7.05 Å². The van der Waals surface area contributed by atoms with Gasteiger partial charge in [0.05, 0.1) is 5.92 Å². The number of nitrogens with one attached hydrogen (secondary N) is 1. The molecule has 2 unspecified atom stereocenters. The highest BCUT2D eigenvalue weighted by atomic mass is 16.5. The van der Waals surface area contributed by atoms with Crippen LogP contribution in [0.5, 0.6) is 0 Å². The summed E-state index contributed by atoms with van der Waals surface area (Å²) in [5.74, 6) is 2.20. The molecule has 4 heteroatoms. The summed E-state index contributed by atoms with van der Waals surface area (Å²) in [6.45, 7) is 8.30. The van der Waals surface area contributed by atoms with Gasteiger partial charge in [0.1, 0.15) is 0 Å². The first-order valence-corrected chi connectivity index (χ1v) is 5.03. The molecule has 14 heavy (non-hydrogen) atoms. The molecule has 0 aliphatic heterocycles. The lowest BCUT2D eigenvalue weighted by Crippen LogP contribution is -2.32. The van der Waals surface area contributed by atoms with Crippen LogP contribution in [-0.4, -0.2) is 23.2 Å². The molecule has 2 atom stereocenters. The average molecular weight is 197 g/mol. The first-order valence-electron chi connectivity index (χ1n) is 5.03. The molecule has 0 aliphatic rings. The van der Waals surface area contributed by atoms with Gasteiger partial charge in [-0.15, -0.1) is 0 Å². The van der Waals surface area contributed by atoms with E-state index in [0.717, 1.165) is 5.89 Å². The Morgan fingerprint density at radius 2 is 1.93 bits per heavy atom. The third kappa shape index (κ3) is 2.32. The van der Waals surface area contributed by atoms with E-state index in [9.17, 15) is 0 Å². The van der Waals surface area contributed by atoms with E-state index in [2.05, 4.69) is 36.2 Å². The van der Waals surface area contributed by atoms with Crippen molar-refractivity contribution in [3.8, 4) is 0 Å². The molecule has 0 spiro atoms. The normalized spacial score (nSPS) is 15.9. The Balaban J connectivity index is 2.88. The summed E-state index contributed by atoms with van der Waals surface area (Å²) in [6.07, 6.45) is 0. The average Bonchev–Trinajstić information content (AvgIpc) is 2.51. The van der Waals surface area contributed by atoms with Crippen molar-refractivity contribution >= 4 is 0 Å². The fraction of sp³-hybridized carbons (Fsp3) is 0.800. The molecular formula is C10H19N3O. The Morgan fingerprint density at radius 3 is 2.29 bits per heavy atom. The summed E-state index contributed by atoms with van der Waals surface area (Å²) in [6, 6.07) is 0.342. The monoisotopic (exact) mass is 197 g/mol. The fourth-order valence-electron chi connectivity index (χ4n) is 1.70. The van der Waals surface area contributed by atoms with Crippen LogP contribution in [0, 0.1) is 12.8 Å². The number of hydrogen-bond donors (Lipinski definition) is 1. The zero-order valence-electron chi connectivity index (χ0n) is 9.53. The maximum absolute atomic E-state index is 5.21. The van der Waals surface area contributed by atoms with Gasteiger partial charge in [-0.05, 0) is 26.8 Å². The highest BCUT2D eigenvalue weighted by Gasteiger charge is 2.26. The number of rotatable bonds is 4. The molecule has 0 saturated heterocycles. The molecule has 0 amide bonds. The maximum Gasteiger partial charge on any atom is 0.231 e. The molecule has 0 fully saturated rings.